The Kier molecular flexibility index (Phi) is 8.33. The van der Waals surface area contributed by atoms with Crippen molar-refractivity contribution in [3.8, 4) is 11.5 Å². The number of carbonyl (C=O) groups is 1. The minimum atomic E-state index is -4.48. The normalized spacial score (nSPS) is 16.1. The number of aliphatic carboxylic acids is 1. The van der Waals surface area contributed by atoms with Crippen LogP contribution in [0, 0.1) is 6.92 Å². The number of oxazole rings is 1. The third kappa shape index (κ3) is 6.88. The quantitative estimate of drug-likeness (QED) is 0.300. The van der Waals surface area contributed by atoms with E-state index >= 15 is 0 Å². The fourth-order valence-corrected chi connectivity index (χ4v) is 4.69. The Balaban J connectivity index is 1.32. The summed E-state index contributed by atoms with van der Waals surface area (Å²) in [5.74, 6) is 1.51. The molecule has 1 aliphatic rings. The van der Waals surface area contributed by atoms with E-state index in [4.69, 9.17) is 18.9 Å². The smallest absolute Gasteiger partial charge is 0.416 e. The van der Waals surface area contributed by atoms with E-state index in [2.05, 4.69) is 0 Å². The van der Waals surface area contributed by atoms with Crippen molar-refractivity contribution in [3.05, 3.63) is 77.0 Å². The summed E-state index contributed by atoms with van der Waals surface area (Å²) in [7, 11) is 0. The minimum Gasteiger partial charge on any atom is -0.493 e. The monoisotopic (exact) mass is 531 g/mol. The molecule has 4 rings (SSSR count). The van der Waals surface area contributed by atoms with E-state index in [1.165, 1.54) is 26.2 Å². The molecule has 0 aliphatic heterocycles. The Morgan fingerprint density at radius 3 is 2.26 bits per heavy atom. The van der Waals surface area contributed by atoms with Crippen LogP contribution in [-0.2, 0) is 23.8 Å². The Hall–Kier alpha value is -3.49. The second-order valence-corrected chi connectivity index (χ2v) is 9.97. The van der Waals surface area contributed by atoms with Gasteiger partial charge in [-0.05, 0) is 68.7 Å². The molecule has 1 N–H and O–H groups in total. The van der Waals surface area contributed by atoms with Crippen molar-refractivity contribution >= 4 is 5.97 Å². The molecule has 1 unspecified atom stereocenters. The van der Waals surface area contributed by atoms with Gasteiger partial charge in [-0.1, -0.05) is 31.4 Å². The van der Waals surface area contributed by atoms with Gasteiger partial charge in [0.25, 0.3) is 0 Å². The SMILES string of the molecule is Cc1oc(C2CCCCC2)nc1CCOc1ccc(CC(C)(Oc2ccc(C(F)(F)F)cc2)C(=O)O)cc1. The number of carboxylic acids is 1. The van der Waals surface area contributed by atoms with Gasteiger partial charge in [0.1, 0.15) is 17.3 Å². The van der Waals surface area contributed by atoms with Crippen molar-refractivity contribution in [1.29, 1.82) is 0 Å². The first kappa shape index (κ1) is 27.5. The molecule has 0 radical (unpaired) electrons. The number of rotatable bonds is 10. The van der Waals surface area contributed by atoms with E-state index < -0.39 is 23.3 Å². The zero-order chi connectivity index (χ0) is 27.3. The van der Waals surface area contributed by atoms with E-state index in [1.54, 1.807) is 24.3 Å². The number of alkyl halides is 3. The first-order valence-corrected chi connectivity index (χ1v) is 12.8. The molecule has 38 heavy (non-hydrogen) atoms. The molecule has 0 amide bonds. The molecule has 1 fully saturated rings. The van der Waals surface area contributed by atoms with Crippen molar-refractivity contribution in [1.82, 2.24) is 4.98 Å². The Labute approximate surface area is 219 Å². The van der Waals surface area contributed by atoms with Gasteiger partial charge in [0.05, 0.1) is 17.9 Å². The van der Waals surface area contributed by atoms with Crippen LogP contribution in [-0.4, -0.2) is 28.3 Å². The maximum absolute atomic E-state index is 12.8. The van der Waals surface area contributed by atoms with Gasteiger partial charge in [-0.15, -0.1) is 0 Å². The predicted octanol–water partition coefficient (Wildman–Crippen LogP) is 7.14. The van der Waals surface area contributed by atoms with Gasteiger partial charge in [0.15, 0.2) is 5.89 Å². The highest BCUT2D eigenvalue weighted by atomic mass is 19.4. The van der Waals surface area contributed by atoms with Gasteiger partial charge < -0.3 is 19.0 Å². The zero-order valence-electron chi connectivity index (χ0n) is 21.5. The van der Waals surface area contributed by atoms with Crippen LogP contribution >= 0.6 is 0 Å². The molecule has 2 aromatic carbocycles. The fourth-order valence-electron chi connectivity index (χ4n) is 4.69. The van der Waals surface area contributed by atoms with Crippen LogP contribution in [0.25, 0.3) is 0 Å². The molecule has 204 valence electrons. The summed E-state index contributed by atoms with van der Waals surface area (Å²) < 4.78 is 55.8. The summed E-state index contributed by atoms with van der Waals surface area (Å²) in [6.07, 6.45) is 2.09. The number of carboxylic acid groups (broad SMARTS) is 1. The molecule has 1 saturated carbocycles. The summed E-state index contributed by atoms with van der Waals surface area (Å²) in [4.78, 5) is 16.7. The molecule has 0 saturated heterocycles. The lowest BCUT2D eigenvalue weighted by Crippen LogP contribution is -2.43. The van der Waals surface area contributed by atoms with Gasteiger partial charge in [0, 0.05) is 18.8 Å². The maximum Gasteiger partial charge on any atom is 0.416 e. The topological polar surface area (TPSA) is 81.8 Å². The average Bonchev–Trinajstić information content (AvgIpc) is 3.25. The lowest BCUT2D eigenvalue weighted by molar-refractivity contribution is -0.153. The first-order chi connectivity index (χ1) is 18.0. The number of aromatic nitrogens is 1. The number of ether oxygens (including phenoxy) is 2. The summed E-state index contributed by atoms with van der Waals surface area (Å²) in [5, 5.41) is 9.78. The molecule has 6 nitrogen and oxygen atoms in total. The lowest BCUT2D eigenvalue weighted by atomic mass is 9.89. The Morgan fingerprint density at radius 2 is 1.66 bits per heavy atom. The van der Waals surface area contributed by atoms with Gasteiger partial charge in [-0.2, -0.15) is 13.2 Å². The molecule has 1 aromatic heterocycles. The minimum absolute atomic E-state index is 0.00567. The van der Waals surface area contributed by atoms with Crippen molar-refractivity contribution in [3.63, 3.8) is 0 Å². The summed E-state index contributed by atoms with van der Waals surface area (Å²) in [6.45, 7) is 3.73. The highest BCUT2D eigenvalue weighted by Crippen LogP contribution is 2.33. The summed E-state index contributed by atoms with van der Waals surface area (Å²) >= 11 is 0. The molecule has 9 heteroatoms. The van der Waals surface area contributed by atoms with Gasteiger partial charge in [0.2, 0.25) is 5.60 Å². The molecule has 1 atom stereocenters. The van der Waals surface area contributed by atoms with E-state index in [1.807, 2.05) is 6.92 Å². The lowest BCUT2D eigenvalue weighted by Gasteiger charge is -2.26. The highest BCUT2D eigenvalue weighted by Gasteiger charge is 2.36. The average molecular weight is 532 g/mol. The largest absolute Gasteiger partial charge is 0.493 e. The Morgan fingerprint density at radius 1 is 1.03 bits per heavy atom. The molecule has 0 spiro atoms. The van der Waals surface area contributed by atoms with Crippen LogP contribution in [0.3, 0.4) is 0 Å². The van der Waals surface area contributed by atoms with Crippen molar-refractivity contribution in [2.75, 3.05) is 6.61 Å². The van der Waals surface area contributed by atoms with Crippen LogP contribution in [0.5, 0.6) is 11.5 Å². The van der Waals surface area contributed by atoms with Crippen molar-refractivity contribution < 1.29 is 37.0 Å². The predicted molar refractivity (Wildman–Crippen MR) is 135 cm³/mol. The molecule has 1 aliphatic carbocycles. The Bertz CT molecular complexity index is 1210. The molecule has 1 heterocycles. The fraction of sp³-hybridized carbons (Fsp3) is 0.448. The molecule has 0 bridgehead atoms. The number of aryl methyl sites for hydroxylation is 1. The maximum atomic E-state index is 12.8. The number of hydrogen-bond donors (Lipinski definition) is 1. The van der Waals surface area contributed by atoms with Gasteiger partial charge >= 0.3 is 12.1 Å². The second kappa shape index (κ2) is 11.5. The van der Waals surface area contributed by atoms with Crippen LogP contribution in [0.1, 0.15) is 73.4 Å². The number of benzene rings is 2. The highest BCUT2D eigenvalue weighted by molar-refractivity contribution is 5.78. The zero-order valence-corrected chi connectivity index (χ0v) is 21.5. The van der Waals surface area contributed by atoms with E-state index in [0.717, 1.165) is 54.5 Å². The van der Waals surface area contributed by atoms with E-state index in [0.29, 0.717) is 30.3 Å². The summed E-state index contributed by atoms with van der Waals surface area (Å²) in [6, 6.07) is 11.0. The van der Waals surface area contributed by atoms with Crippen LogP contribution in [0.2, 0.25) is 0 Å². The van der Waals surface area contributed by atoms with Crippen LogP contribution in [0.15, 0.2) is 52.9 Å². The molecular formula is C29H32F3NO5. The first-order valence-electron chi connectivity index (χ1n) is 12.8. The van der Waals surface area contributed by atoms with Gasteiger partial charge in [-0.3, -0.25) is 0 Å². The third-order valence-corrected chi connectivity index (χ3v) is 6.91. The van der Waals surface area contributed by atoms with E-state index in [-0.39, 0.29) is 12.2 Å². The number of nitrogens with zero attached hydrogens (tertiary/aromatic N) is 1. The molecule has 3 aromatic rings. The third-order valence-electron chi connectivity index (χ3n) is 6.91. The van der Waals surface area contributed by atoms with Crippen LogP contribution < -0.4 is 9.47 Å². The number of halogens is 3. The standard InChI is InChI=1S/C29H32F3NO5/c1-19-25(33-26(37-19)21-6-4-3-5-7-21)16-17-36-23-12-8-20(9-13-23)18-28(2,27(34)35)38-24-14-10-22(11-15-24)29(30,31)32/h8-15,21H,3-7,16-18H2,1-2H3,(H,34,35). The van der Waals surface area contributed by atoms with Gasteiger partial charge in [-0.25, -0.2) is 9.78 Å². The number of hydrogen-bond acceptors (Lipinski definition) is 5. The van der Waals surface area contributed by atoms with Crippen molar-refractivity contribution in [2.45, 2.75) is 76.5 Å². The molecular weight excluding hydrogens is 499 g/mol. The summed E-state index contributed by atoms with van der Waals surface area (Å²) in [5.41, 5.74) is -0.929. The van der Waals surface area contributed by atoms with Crippen molar-refractivity contribution in [2.24, 2.45) is 0 Å². The second-order valence-electron chi connectivity index (χ2n) is 9.97. The van der Waals surface area contributed by atoms with E-state index in [9.17, 15) is 23.1 Å². The van der Waals surface area contributed by atoms with Crippen LogP contribution in [0.4, 0.5) is 13.2 Å².